The van der Waals surface area contributed by atoms with Crippen LogP contribution in [0.25, 0.3) is 22.0 Å². The normalized spacial score (nSPS) is 11.3. The van der Waals surface area contributed by atoms with Crippen molar-refractivity contribution < 1.29 is 33.7 Å². The molecule has 0 unspecified atom stereocenters. The highest BCUT2D eigenvalue weighted by molar-refractivity contribution is 6.07. The van der Waals surface area contributed by atoms with E-state index in [1.807, 2.05) is 13.8 Å². The van der Waals surface area contributed by atoms with Crippen LogP contribution in [0, 0.1) is 13.8 Å². The number of fused-ring (bicyclic) bond motifs is 1. The fraction of sp³-hybridized carbons (Fsp3) is 0.290. The predicted octanol–water partition coefficient (Wildman–Crippen LogP) is 6.58. The number of carbonyl (C=O) groups is 3. The van der Waals surface area contributed by atoms with Gasteiger partial charge in [0.05, 0.1) is 43.2 Å². The Kier molecular flexibility index (Phi) is 8.05. The molecular weight excluding hydrogens is 526 g/mol. The van der Waals surface area contributed by atoms with Gasteiger partial charge in [0.1, 0.15) is 11.4 Å². The van der Waals surface area contributed by atoms with Gasteiger partial charge in [-0.3, -0.25) is 14.5 Å². The molecule has 2 heterocycles. The van der Waals surface area contributed by atoms with Crippen molar-refractivity contribution in [3.05, 3.63) is 77.2 Å². The van der Waals surface area contributed by atoms with E-state index in [2.05, 4.69) is 4.98 Å². The van der Waals surface area contributed by atoms with Crippen LogP contribution in [0.4, 0.5) is 15.3 Å². The average molecular weight is 560 g/mol. The molecule has 0 saturated carbocycles. The lowest BCUT2D eigenvalue weighted by Gasteiger charge is -2.28. The number of ether oxygens (including phenoxy) is 3. The van der Waals surface area contributed by atoms with Gasteiger partial charge >= 0.3 is 18.2 Å². The molecule has 0 fully saturated rings. The molecule has 0 saturated heterocycles. The number of pyridine rings is 1. The van der Waals surface area contributed by atoms with Gasteiger partial charge in [-0.2, -0.15) is 0 Å². The lowest BCUT2D eigenvalue weighted by molar-refractivity contribution is 0.0573. The maximum atomic E-state index is 13.7. The van der Waals surface area contributed by atoms with Gasteiger partial charge in [-0.15, -0.1) is 0 Å². The third kappa shape index (κ3) is 5.86. The van der Waals surface area contributed by atoms with Crippen molar-refractivity contribution in [2.75, 3.05) is 19.1 Å². The number of hydrogen-bond acceptors (Lipinski definition) is 7. The Bertz CT molecular complexity index is 1650. The second-order valence-corrected chi connectivity index (χ2v) is 10.5. The van der Waals surface area contributed by atoms with Crippen LogP contribution < -0.4 is 9.64 Å². The predicted molar refractivity (Wildman–Crippen MR) is 155 cm³/mol. The highest BCUT2D eigenvalue weighted by Crippen LogP contribution is 2.37. The number of aromatic nitrogens is 2. The minimum atomic E-state index is -1.20. The van der Waals surface area contributed by atoms with Crippen LogP contribution in [0.5, 0.6) is 5.75 Å². The molecule has 0 aliphatic rings. The van der Waals surface area contributed by atoms with E-state index in [1.54, 1.807) is 76.5 Å². The summed E-state index contributed by atoms with van der Waals surface area (Å²) in [5, 5.41) is 10.5. The van der Waals surface area contributed by atoms with Gasteiger partial charge in [0.25, 0.3) is 0 Å². The fourth-order valence-electron chi connectivity index (χ4n) is 4.74. The first-order chi connectivity index (χ1) is 19.4. The molecule has 10 heteroatoms. The molecule has 0 aliphatic heterocycles. The Morgan fingerprint density at radius 3 is 2.37 bits per heavy atom. The second-order valence-electron chi connectivity index (χ2n) is 10.5. The van der Waals surface area contributed by atoms with Gasteiger partial charge in [-0.25, -0.2) is 14.4 Å². The molecule has 0 aliphatic carbocycles. The summed E-state index contributed by atoms with van der Waals surface area (Å²) in [5.41, 5.74) is 3.39. The standard InChI is InChI=1S/C31H33N3O7/c1-18-16-32-25(19(2)27(18)39-6)17-34(30(38)41-31(3,4)5)20-14-24(21-10-8-9-11-23(21)28(35)40-7)22-12-13-33(29(36)37)26(22)15-20/h8-16H,17H2,1-7H3,(H,36,37). The van der Waals surface area contributed by atoms with Crippen molar-refractivity contribution in [1.29, 1.82) is 0 Å². The fourth-order valence-corrected chi connectivity index (χ4v) is 4.74. The molecule has 41 heavy (non-hydrogen) atoms. The zero-order valence-corrected chi connectivity index (χ0v) is 24.1. The Morgan fingerprint density at radius 1 is 1.02 bits per heavy atom. The number of benzene rings is 2. The molecule has 0 bridgehead atoms. The molecule has 4 rings (SSSR count). The van der Waals surface area contributed by atoms with Crippen LogP contribution in [0.2, 0.25) is 0 Å². The van der Waals surface area contributed by atoms with E-state index >= 15 is 0 Å². The molecule has 0 atom stereocenters. The molecule has 214 valence electrons. The number of hydrogen-bond donors (Lipinski definition) is 1. The molecular formula is C31H33N3O7. The summed E-state index contributed by atoms with van der Waals surface area (Å²) in [4.78, 5) is 44.5. The number of rotatable bonds is 6. The molecule has 4 aromatic rings. The van der Waals surface area contributed by atoms with Crippen molar-refractivity contribution in [3.63, 3.8) is 0 Å². The van der Waals surface area contributed by atoms with Crippen LogP contribution >= 0.6 is 0 Å². The lowest BCUT2D eigenvalue weighted by atomic mass is 9.96. The maximum Gasteiger partial charge on any atom is 0.416 e. The van der Waals surface area contributed by atoms with Crippen LogP contribution in [0.15, 0.2) is 54.9 Å². The van der Waals surface area contributed by atoms with Gasteiger partial charge in [-0.05, 0) is 70.0 Å². The SMILES string of the molecule is COC(=O)c1ccccc1-c1cc(N(Cc2ncc(C)c(OC)c2C)C(=O)OC(C)(C)C)cc2c1ccn2C(=O)O. The Hall–Kier alpha value is -4.86. The molecule has 2 aromatic heterocycles. The maximum absolute atomic E-state index is 13.7. The van der Waals surface area contributed by atoms with Crippen LogP contribution in [-0.4, -0.2) is 52.6 Å². The highest BCUT2D eigenvalue weighted by Gasteiger charge is 2.28. The largest absolute Gasteiger partial charge is 0.496 e. The molecule has 1 amide bonds. The van der Waals surface area contributed by atoms with Crippen molar-refractivity contribution in [2.24, 2.45) is 0 Å². The highest BCUT2D eigenvalue weighted by atomic mass is 16.6. The first kappa shape index (κ1) is 29.1. The van der Waals surface area contributed by atoms with Gasteiger partial charge in [-0.1, -0.05) is 18.2 Å². The summed E-state index contributed by atoms with van der Waals surface area (Å²) in [6.45, 7) is 9.04. The van der Waals surface area contributed by atoms with Crippen LogP contribution in [0.3, 0.4) is 0 Å². The number of carboxylic acid groups (broad SMARTS) is 1. The average Bonchev–Trinajstić information content (AvgIpc) is 3.35. The van der Waals surface area contributed by atoms with E-state index < -0.39 is 23.8 Å². The van der Waals surface area contributed by atoms with Gasteiger partial charge < -0.3 is 19.3 Å². The first-order valence-corrected chi connectivity index (χ1v) is 12.9. The number of nitrogens with zero attached hydrogens (tertiary/aromatic N) is 3. The third-order valence-electron chi connectivity index (χ3n) is 6.60. The summed E-state index contributed by atoms with van der Waals surface area (Å²) in [6.07, 6.45) is 1.24. The summed E-state index contributed by atoms with van der Waals surface area (Å²) in [7, 11) is 2.87. The van der Waals surface area contributed by atoms with Crippen molar-refractivity contribution in [3.8, 4) is 16.9 Å². The molecule has 2 aromatic carbocycles. The van der Waals surface area contributed by atoms with Crippen molar-refractivity contribution >= 4 is 34.7 Å². The molecule has 1 N–H and O–H groups in total. The number of esters is 1. The Labute approximate surface area is 238 Å². The van der Waals surface area contributed by atoms with E-state index in [0.29, 0.717) is 44.7 Å². The van der Waals surface area contributed by atoms with Crippen LogP contribution in [-0.2, 0) is 16.0 Å². The number of carbonyl (C=O) groups excluding carboxylic acids is 2. The van der Waals surface area contributed by atoms with Gasteiger partial charge in [0, 0.05) is 28.9 Å². The number of methoxy groups -OCH3 is 2. The van der Waals surface area contributed by atoms with Gasteiger partial charge in [0.2, 0.25) is 0 Å². The van der Waals surface area contributed by atoms with E-state index in [4.69, 9.17) is 14.2 Å². The summed E-state index contributed by atoms with van der Waals surface area (Å²) in [6, 6.07) is 11.9. The molecule has 0 spiro atoms. The summed E-state index contributed by atoms with van der Waals surface area (Å²) >= 11 is 0. The quantitative estimate of drug-likeness (QED) is 0.263. The van der Waals surface area contributed by atoms with E-state index in [-0.39, 0.29) is 6.54 Å². The van der Waals surface area contributed by atoms with Crippen molar-refractivity contribution in [2.45, 2.75) is 46.8 Å². The minimum absolute atomic E-state index is 0.00869. The Morgan fingerprint density at radius 2 is 1.73 bits per heavy atom. The smallest absolute Gasteiger partial charge is 0.416 e. The van der Waals surface area contributed by atoms with Crippen LogP contribution in [0.1, 0.15) is 48.0 Å². The van der Waals surface area contributed by atoms with Crippen molar-refractivity contribution in [1.82, 2.24) is 9.55 Å². The van der Waals surface area contributed by atoms with E-state index in [0.717, 1.165) is 15.7 Å². The summed E-state index contributed by atoms with van der Waals surface area (Å²) < 4.78 is 17.4. The number of amides is 1. The second kappa shape index (κ2) is 11.3. The third-order valence-corrected chi connectivity index (χ3v) is 6.60. The zero-order chi connectivity index (χ0) is 30.1. The zero-order valence-electron chi connectivity index (χ0n) is 24.1. The monoisotopic (exact) mass is 559 g/mol. The Balaban J connectivity index is 2.00. The summed E-state index contributed by atoms with van der Waals surface area (Å²) in [5.74, 6) is 0.106. The number of anilines is 1. The van der Waals surface area contributed by atoms with Gasteiger partial charge in [0.15, 0.2) is 0 Å². The molecule has 0 radical (unpaired) electrons. The minimum Gasteiger partial charge on any atom is -0.496 e. The topological polar surface area (TPSA) is 120 Å². The lowest BCUT2D eigenvalue weighted by Crippen LogP contribution is -2.37. The number of aryl methyl sites for hydroxylation is 1. The first-order valence-electron chi connectivity index (χ1n) is 12.9. The van der Waals surface area contributed by atoms with E-state index in [1.165, 1.54) is 18.2 Å². The molecule has 10 nitrogen and oxygen atoms in total. The van der Waals surface area contributed by atoms with E-state index in [9.17, 15) is 19.5 Å².